The fourth-order valence-corrected chi connectivity index (χ4v) is 1.90. The van der Waals surface area contributed by atoms with Crippen LogP contribution in [0.25, 0.3) is 0 Å². The molecule has 0 aliphatic heterocycles. The first kappa shape index (κ1) is 14.9. The lowest BCUT2D eigenvalue weighted by Crippen LogP contribution is -2.22. The van der Waals surface area contributed by atoms with Gasteiger partial charge in [-0.05, 0) is 39.0 Å². The number of amides is 1. The number of rotatable bonds is 5. The molecule has 2 rings (SSSR count). The van der Waals surface area contributed by atoms with E-state index in [0.29, 0.717) is 35.9 Å². The minimum Gasteiger partial charge on any atom is -0.444 e. The Morgan fingerprint density at radius 3 is 2.76 bits per heavy atom. The fourth-order valence-electron chi connectivity index (χ4n) is 1.90. The van der Waals surface area contributed by atoms with Gasteiger partial charge in [0.1, 0.15) is 5.76 Å². The van der Waals surface area contributed by atoms with E-state index in [9.17, 15) is 4.79 Å². The van der Waals surface area contributed by atoms with Gasteiger partial charge in [-0.25, -0.2) is 4.98 Å². The molecular formula is C15H20N4O2. The number of nitrogens with one attached hydrogen (secondary N) is 2. The smallest absolute Gasteiger partial charge is 0.251 e. The van der Waals surface area contributed by atoms with E-state index in [0.717, 1.165) is 11.5 Å². The summed E-state index contributed by atoms with van der Waals surface area (Å²) in [5.74, 6) is 1.27. The summed E-state index contributed by atoms with van der Waals surface area (Å²) >= 11 is 0. The Morgan fingerprint density at radius 1 is 1.38 bits per heavy atom. The van der Waals surface area contributed by atoms with Crippen LogP contribution in [-0.4, -0.2) is 17.4 Å². The average Bonchev–Trinajstić information content (AvgIpc) is 2.77. The highest BCUT2D eigenvalue weighted by Crippen LogP contribution is 2.21. The monoisotopic (exact) mass is 288 g/mol. The van der Waals surface area contributed by atoms with E-state index in [-0.39, 0.29) is 5.91 Å². The van der Waals surface area contributed by atoms with Gasteiger partial charge in [-0.2, -0.15) is 0 Å². The standard InChI is InChI=1S/C15H20N4O2/c1-4-17-15(20)11-5-6-12(16)13(7-11)18-8-14-19-9(2)10(3)21-14/h5-7,18H,4,8,16H2,1-3H3,(H,17,20). The Balaban J connectivity index is 2.11. The first-order chi connectivity index (χ1) is 10.0. The first-order valence-electron chi connectivity index (χ1n) is 6.85. The molecule has 0 saturated heterocycles. The van der Waals surface area contributed by atoms with Gasteiger partial charge in [-0.1, -0.05) is 0 Å². The van der Waals surface area contributed by atoms with Crippen molar-refractivity contribution >= 4 is 17.3 Å². The van der Waals surface area contributed by atoms with Crippen LogP contribution < -0.4 is 16.4 Å². The Labute approximate surface area is 123 Å². The number of nitrogens with two attached hydrogens (primary N) is 1. The van der Waals surface area contributed by atoms with Crippen molar-refractivity contribution in [1.82, 2.24) is 10.3 Å². The van der Waals surface area contributed by atoms with Gasteiger partial charge in [0.15, 0.2) is 0 Å². The predicted octanol–water partition coefficient (Wildman–Crippen LogP) is 2.24. The number of benzene rings is 1. The van der Waals surface area contributed by atoms with E-state index in [1.807, 2.05) is 20.8 Å². The number of carbonyl (C=O) groups excluding carboxylic acids is 1. The normalized spacial score (nSPS) is 10.4. The Hall–Kier alpha value is -2.50. The molecule has 0 radical (unpaired) electrons. The quantitative estimate of drug-likeness (QED) is 0.734. The van der Waals surface area contributed by atoms with Crippen molar-refractivity contribution in [2.24, 2.45) is 0 Å². The Morgan fingerprint density at radius 2 is 2.14 bits per heavy atom. The molecule has 2 aromatic rings. The van der Waals surface area contributed by atoms with Crippen molar-refractivity contribution in [3.05, 3.63) is 41.1 Å². The van der Waals surface area contributed by atoms with Crippen LogP contribution in [0.3, 0.4) is 0 Å². The van der Waals surface area contributed by atoms with Crippen molar-refractivity contribution in [1.29, 1.82) is 0 Å². The van der Waals surface area contributed by atoms with Gasteiger partial charge in [-0.15, -0.1) is 0 Å². The van der Waals surface area contributed by atoms with Crippen LogP contribution in [0.4, 0.5) is 11.4 Å². The molecule has 0 spiro atoms. The number of nitrogen functional groups attached to an aromatic ring is 1. The molecule has 6 nitrogen and oxygen atoms in total. The Bertz CT molecular complexity index is 630. The summed E-state index contributed by atoms with van der Waals surface area (Å²) in [6.07, 6.45) is 0. The molecule has 0 aliphatic carbocycles. The second-order valence-corrected chi connectivity index (χ2v) is 4.76. The number of hydrogen-bond acceptors (Lipinski definition) is 5. The molecule has 0 unspecified atom stereocenters. The third kappa shape index (κ3) is 3.53. The minimum absolute atomic E-state index is 0.122. The molecule has 0 atom stereocenters. The number of aryl methyl sites for hydroxylation is 2. The molecule has 0 aliphatic rings. The van der Waals surface area contributed by atoms with Gasteiger partial charge in [0.2, 0.25) is 5.89 Å². The molecule has 1 aromatic heterocycles. The van der Waals surface area contributed by atoms with Crippen LogP contribution in [0.1, 0.15) is 34.6 Å². The highest BCUT2D eigenvalue weighted by molar-refractivity contribution is 5.96. The average molecular weight is 288 g/mol. The molecule has 1 amide bonds. The zero-order valence-electron chi connectivity index (χ0n) is 12.5. The van der Waals surface area contributed by atoms with Crippen molar-refractivity contribution in [2.75, 3.05) is 17.6 Å². The highest BCUT2D eigenvalue weighted by Gasteiger charge is 2.09. The predicted molar refractivity (Wildman–Crippen MR) is 82.2 cm³/mol. The van der Waals surface area contributed by atoms with E-state index in [1.54, 1.807) is 18.2 Å². The summed E-state index contributed by atoms with van der Waals surface area (Å²) in [6.45, 7) is 6.64. The van der Waals surface area contributed by atoms with Gasteiger partial charge in [-0.3, -0.25) is 4.79 Å². The van der Waals surface area contributed by atoms with E-state index >= 15 is 0 Å². The summed E-state index contributed by atoms with van der Waals surface area (Å²) in [7, 11) is 0. The van der Waals surface area contributed by atoms with Crippen LogP contribution in [0, 0.1) is 13.8 Å². The SMILES string of the molecule is CCNC(=O)c1ccc(N)c(NCc2nc(C)c(C)o2)c1. The van der Waals surface area contributed by atoms with Crippen molar-refractivity contribution in [3.63, 3.8) is 0 Å². The second kappa shape index (κ2) is 6.30. The maximum atomic E-state index is 11.8. The van der Waals surface area contributed by atoms with Gasteiger partial charge in [0.25, 0.3) is 5.91 Å². The molecule has 0 bridgehead atoms. The summed E-state index contributed by atoms with van der Waals surface area (Å²) < 4.78 is 5.50. The van der Waals surface area contributed by atoms with Crippen LogP contribution in [0.5, 0.6) is 0 Å². The minimum atomic E-state index is -0.122. The summed E-state index contributed by atoms with van der Waals surface area (Å²) in [5, 5.41) is 5.90. The summed E-state index contributed by atoms with van der Waals surface area (Å²) in [4.78, 5) is 16.1. The summed E-state index contributed by atoms with van der Waals surface area (Å²) in [5.41, 5.74) is 8.61. The number of aromatic nitrogens is 1. The largest absolute Gasteiger partial charge is 0.444 e. The van der Waals surface area contributed by atoms with Crippen LogP contribution in [0.15, 0.2) is 22.6 Å². The van der Waals surface area contributed by atoms with E-state index in [2.05, 4.69) is 15.6 Å². The lowest BCUT2D eigenvalue weighted by atomic mass is 10.1. The number of oxazole rings is 1. The lowest BCUT2D eigenvalue weighted by molar-refractivity contribution is 0.0956. The Kier molecular flexibility index (Phi) is 4.47. The molecule has 1 heterocycles. The van der Waals surface area contributed by atoms with Crippen molar-refractivity contribution < 1.29 is 9.21 Å². The molecule has 4 N–H and O–H groups in total. The number of hydrogen-bond donors (Lipinski definition) is 3. The molecule has 112 valence electrons. The molecule has 21 heavy (non-hydrogen) atoms. The zero-order valence-corrected chi connectivity index (χ0v) is 12.5. The van der Waals surface area contributed by atoms with Crippen LogP contribution in [0.2, 0.25) is 0 Å². The van der Waals surface area contributed by atoms with E-state index in [4.69, 9.17) is 10.2 Å². The van der Waals surface area contributed by atoms with E-state index in [1.165, 1.54) is 0 Å². The van der Waals surface area contributed by atoms with Crippen molar-refractivity contribution in [2.45, 2.75) is 27.3 Å². The maximum absolute atomic E-state index is 11.8. The fraction of sp³-hybridized carbons (Fsp3) is 0.333. The van der Waals surface area contributed by atoms with Crippen LogP contribution >= 0.6 is 0 Å². The van der Waals surface area contributed by atoms with Gasteiger partial charge >= 0.3 is 0 Å². The zero-order chi connectivity index (χ0) is 15.4. The molecule has 0 saturated carbocycles. The number of anilines is 2. The number of nitrogens with zero attached hydrogens (tertiary/aromatic N) is 1. The third-order valence-electron chi connectivity index (χ3n) is 3.16. The first-order valence-corrected chi connectivity index (χ1v) is 6.85. The lowest BCUT2D eigenvalue weighted by Gasteiger charge is -2.10. The third-order valence-corrected chi connectivity index (χ3v) is 3.16. The van der Waals surface area contributed by atoms with Gasteiger partial charge < -0.3 is 20.8 Å². The van der Waals surface area contributed by atoms with Gasteiger partial charge in [0.05, 0.1) is 23.6 Å². The molecule has 0 fully saturated rings. The summed E-state index contributed by atoms with van der Waals surface area (Å²) in [6, 6.07) is 5.13. The molecule has 6 heteroatoms. The second-order valence-electron chi connectivity index (χ2n) is 4.76. The topological polar surface area (TPSA) is 93.2 Å². The highest BCUT2D eigenvalue weighted by atomic mass is 16.4. The molecule has 1 aromatic carbocycles. The maximum Gasteiger partial charge on any atom is 0.251 e. The van der Waals surface area contributed by atoms with Crippen LogP contribution in [-0.2, 0) is 6.54 Å². The number of carbonyl (C=O) groups is 1. The van der Waals surface area contributed by atoms with Crippen molar-refractivity contribution in [3.8, 4) is 0 Å². The van der Waals surface area contributed by atoms with Gasteiger partial charge in [0, 0.05) is 12.1 Å². The molecular weight excluding hydrogens is 268 g/mol. The van der Waals surface area contributed by atoms with E-state index < -0.39 is 0 Å².